The van der Waals surface area contributed by atoms with E-state index in [0.717, 1.165) is 24.1 Å². The van der Waals surface area contributed by atoms with E-state index in [2.05, 4.69) is 4.74 Å². The third kappa shape index (κ3) is 5.94. The van der Waals surface area contributed by atoms with E-state index in [1.165, 1.54) is 0 Å². The zero-order valence-corrected chi connectivity index (χ0v) is 13.9. The van der Waals surface area contributed by atoms with E-state index in [1.807, 2.05) is 0 Å². The molecule has 0 aromatic heterocycles. The van der Waals surface area contributed by atoms with E-state index in [-0.39, 0.29) is 0 Å². The molecule has 0 radical (unpaired) electrons. The average molecular weight is 343 g/mol. The molecule has 24 heavy (non-hydrogen) atoms. The SMILES string of the molecule is COC(=O)CN(CC(=O)OC(C)(C)C)C(=O)c1cc(F)ccc1F. The van der Waals surface area contributed by atoms with E-state index < -0.39 is 53.7 Å². The predicted molar refractivity (Wildman–Crippen MR) is 80.1 cm³/mol. The molecule has 1 amide bonds. The summed E-state index contributed by atoms with van der Waals surface area (Å²) in [6.45, 7) is 3.67. The number of nitrogens with zero attached hydrogens (tertiary/aromatic N) is 1. The van der Waals surface area contributed by atoms with Crippen LogP contribution >= 0.6 is 0 Å². The number of rotatable bonds is 5. The van der Waals surface area contributed by atoms with Crippen LogP contribution in [0.25, 0.3) is 0 Å². The summed E-state index contributed by atoms with van der Waals surface area (Å²) in [5, 5.41) is 0. The lowest BCUT2D eigenvalue weighted by Gasteiger charge is -2.24. The van der Waals surface area contributed by atoms with E-state index in [9.17, 15) is 23.2 Å². The van der Waals surface area contributed by atoms with Crippen LogP contribution in [0, 0.1) is 11.6 Å². The number of amides is 1. The van der Waals surface area contributed by atoms with E-state index in [1.54, 1.807) is 20.8 Å². The van der Waals surface area contributed by atoms with Crippen molar-refractivity contribution in [2.24, 2.45) is 0 Å². The Hall–Kier alpha value is -2.51. The Morgan fingerprint density at radius 1 is 1.08 bits per heavy atom. The molecule has 8 heteroatoms. The van der Waals surface area contributed by atoms with Crippen molar-refractivity contribution >= 4 is 17.8 Å². The molecule has 0 spiro atoms. The first-order valence-corrected chi connectivity index (χ1v) is 7.06. The van der Waals surface area contributed by atoms with Crippen LogP contribution in [0.2, 0.25) is 0 Å². The van der Waals surface area contributed by atoms with Gasteiger partial charge in [-0.05, 0) is 39.0 Å². The zero-order chi connectivity index (χ0) is 18.5. The van der Waals surface area contributed by atoms with Crippen LogP contribution in [-0.4, -0.2) is 48.5 Å². The van der Waals surface area contributed by atoms with Crippen molar-refractivity contribution in [3.05, 3.63) is 35.4 Å². The monoisotopic (exact) mass is 343 g/mol. The molecule has 1 aromatic carbocycles. The van der Waals surface area contributed by atoms with Crippen molar-refractivity contribution in [2.75, 3.05) is 20.2 Å². The molecule has 132 valence electrons. The van der Waals surface area contributed by atoms with Gasteiger partial charge in [-0.1, -0.05) is 0 Å². The molecular weight excluding hydrogens is 324 g/mol. The summed E-state index contributed by atoms with van der Waals surface area (Å²) in [6.07, 6.45) is 0. The highest BCUT2D eigenvalue weighted by Gasteiger charge is 2.27. The fourth-order valence-corrected chi connectivity index (χ4v) is 1.78. The van der Waals surface area contributed by atoms with Crippen molar-refractivity contribution in [3.8, 4) is 0 Å². The number of hydrogen-bond acceptors (Lipinski definition) is 5. The Morgan fingerprint density at radius 2 is 1.67 bits per heavy atom. The Balaban J connectivity index is 3.04. The topological polar surface area (TPSA) is 72.9 Å². The minimum Gasteiger partial charge on any atom is -0.468 e. The van der Waals surface area contributed by atoms with E-state index in [0.29, 0.717) is 6.07 Å². The number of methoxy groups -OCH3 is 1. The Morgan fingerprint density at radius 3 is 2.21 bits per heavy atom. The molecule has 1 rings (SSSR count). The number of carbonyl (C=O) groups is 3. The fraction of sp³-hybridized carbons (Fsp3) is 0.438. The second-order valence-electron chi connectivity index (χ2n) is 5.95. The molecule has 0 aliphatic heterocycles. The first-order valence-electron chi connectivity index (χ1n) is 7.06. The van der Waals surface area contributed by atoms with Crippen molar-refractivity contribution in [3.63, 3.8) is 0 Å². The third-order valence-corrected chi connectivity index (χ3v) is 2.73. The molecule has 0 aliphatic rings. The van der Waals surface area contributed by atoms with Crippen molar-refractivity contribution < 1.29 is 32.6 Å². The van der Waals surface area contributed by atoms with Crippen molar-refractivity contribution in [1.82, 2.24) is 4.90 Å². The number of esters is 2. The van der Waals surface area contributed by atoms with Gasteiger partial charge in [0.1, 0.15) is 30.3 Å². The molecule has 0 saturated heterocycles. The summed E-state index contributed by atoms with van der Waals surface area (Å²) < 4.78 is 36.5. The van der Waals surface area contributed by atoms with Crippen LogP contribution in [0.1, 0.15) is 31.1 Å². The molecule has 0 N–H and O–H groups in total. The highest BCUT2D eigenvalue weighted by atomic mass is 19.1. The van der Waals surface area contributed by atoms with Gasteiger partial charge in [-0.15, -0.1) is 0 Å². The molecule has 0 bridgehead atoms. The number of carbonyl (C=O) groups excluding carboxylic acids is 3. The molecule has 0 heterocycles. The summed E-state index contributed by atoms with van der Waals surface area (Å²) in [5.74, 6) is -4.43. The largest absolute Gasteiger partial charge is 0.468 e. The second kappa shape index (κ2) is 7.85. The summed E-state index contributed by atoms with van der Waals surface area (Å²) >= 11 is 0. The fourth-order valence-electron chi connectivity index (χ4n) is 1.78. The van der Waals surface area contributed by atoms with Crippen molar-refractivity contribution in [1.29, 1.82) is 0 Å². The smallest absolute Gasteiger partial charge is 0.326 e. The second-order valence-corrected chi connectivity index (χ2v) is 5.95. The Labute approximate surface area is 138 Å². The highest BCUT2D eigenvalue weighted by Crippen LogP contribution is 2.14. The summed E-state index contributed by atoms with van der Waals surface area (Å²) in [5.41, 5.74) is -1.40. The lowest BCUT2D eigenvalue weighted by molar-refractivity contribution is -0.156. The highest BCUT2D eigenvalue weighted by molar-refractivity contribution is 5.98. The quantitative estimate of drug-likeness (QED) is 0.764. The molecule has 0 atom stereocenters. The van der Waals surface area contributed by atoms with E-state index in [4.69, 9.17) is 4.74 Å². The molecule has 0 aliphatic carbocycles. The van der Waals surface area contributed by atoms with Crippen LogP contribution in [0.4, 0.5) is 8.78 Å². The molecular formula is C16H19F2NO5. The minimum absolute atomic E-state index is 0.595. The van der Waals surface area contributed by atoms with Gasteiger partial charge in [0.05, 0.1) is 12.7 Å². The maximum absolute atomic E-state index is 13.8. The lowest BCUT2D eigenvalue weighted by Crippen LogP contribution is -2.42. The van der Waals surface area contributed by atoms with Gasteiger partial charge in [0.2, 0.25) is 0 Å². The summed E-state index contributed by atoms with van der Waals surface area (Å²) in [6, 6.07) is 2.33. The molecule has 6 nitrogen and oxygen atoms in total. The van der Waals surface area contributed by atoms with E-state index >= 15 is 0 Å². The number of halogens is 2. The maximum atomic E-state index is 13.8. The third-order valence-electron chi connectivity index (χ3n) is 2.73. The molecule has 0 fully saturated rings. The van der Waals surface area contributed by atoms with Crippen LogP contribution in [0.3, 0.4) is 0 Å². The maximum Gasteiger partial charge on any atom is 0.326 e. The average Bonchev–Trinajstić information content (AvgIpc) is 2.46. The number of hydrogen-bond donors (Lipinski definition) is 0. The standard InChI is InChI=1S/C16H19F2NO5/c1-16(2,3)24-14(21)9-19(8-13(20)23-4)15(22)11-7-10(17)5-6-12(11)18/h5-7H,8-9H2,1-4H3. The molecule has 0 unspecified atom stereocenters. The van der Waals surface area contributed by atoms with Gasteiger partial charge in [-0.25, -0.2) is 8.78 Å². The molecule has 1 aromatic rings. The molecule has 0 saturated carbocycles. The van der Waals surface area contributed by atoms with Gasteiger partial charge in [0, 0.05) is 0 Å². The number of benzene rings is 1. The predicted octanol–water partition coefficient (Wildman–Crippen LogP) is 1.92. The van der Waals surface area contributed by atoms with Crippen LogP contribution in [0.15, 0.2) is 18.2 Å². The van der Waals surface area contributed by atoms with Crippen LogP contribution in [-0.2, 0) is 19.1 Å². The lowest BCUT2D eigenvalue weighted by atomic mass is 10.1. The van der Waals surface area contributed by atoms with Crippen LogP contribution < -0.4 is 0 Å². The van der Waals surface area contributed by atoms with Gasteiger partial charge in [0.15, 0.2) is 0 Å². The van der Waals surface area contributed by atoms with Gasteiger partial charge >= 0.3 is 11.9 Å². The van der Waals surface area contributed by atoms with Gasteiger partial charge < -0.3 is 14.4 Å². The Kier molecular flexibility index (Phi) is 6.39. The summed E-state index contributed by atoms with van der Waals surface area (Å²) in [4.78, 5) is 36.4. The Bertz CT molecular complexity index is 640. The van der Waals surface area contributed by atoms with Crippen molar-refractivity contribution in [2.45, 2.75) is 26.4 Å². The first-order chi connectivity index (χ1) is 11.0. The normalized spacial score (nSPS) is 10.9. The van der Waals surface area contributed by atoms with Gasteiger partial charge in [-0.3, -0.25) is 14.4 Å². The zero-order valence-electron chi connectivity index (χ0n) is 13.9. The first kappa shape index (κ1) is 19.5. The summed E-state index contributed by atoms with van der Waals surface area (Å²) in [7, 11) is 1.10. The van der Waals surface area contributed by atoms with Gasteiger partial charge in [0.25, 0.3) is 5.91 Å². The minimum atomic E-state index is -1.02. The van der Waals surface area contributed by atoms with Gasteiger partial charge in [-0.2, -0.15) is 0 Å². The van der Waals surface area contributed by atoms with Crippen LogP contribution in [0.5, 0.6) is 0 Å². The number of ether oxygens (including phenoxy) is 2.